The number of nitrogens with zero attached hydrogens (tertiary/aromatic N) is 3. The molecule has 0 fully saturated rings. The number of imidazole rings is 1. The minimum Gasteiger partial charge on any atom is -0.470 e. The number of nitrogens with one attached hydrogen (secondary N) is 1. The molecule has 0 radical (unpaired) electrons. The van der Waals surface area contributed by atoms with E-state index in [1.54, 1.807) is 6.26 Å². The predicted octanol–water partition coefficient (Wildman–Crippen LogP) is 1.31. The van der Waals surface area contributed by atoms with Gasteiger partial charge in [-0.1, -0.05) is 0 Å². The van der Waals surface area contributed by atoms with E-state index in [2.05, 4.69) is 19.9 Å². The fourth-order valence-corrected chi connectivity index (χ4v) is 3.38. The third-order valence-electron chi connectivity index (χ3n) is 2.58. The molecular weight excluding hydrogens is 298 g/mol. The van der Waals surface area contributed by atoms with E-state index in [-0.39, 0.29) is 5.95 Å². The first-order valence-electron chi connectivity index (χ1n) is 5.63. The Morgan fingerprint density at radius 3 is 3.10 bits per heavy atom. The first-order chi connectivity index (χ1) is 9.63. The first-order valence-corrected chi connectivity index (χ1v) is 8.07. The summed E-state index contributed by atoms with van der Waals surface area (Å²) >= 11 is 1.49. The molecule has 1 unspecified atom stereocenters. The van der Waals surface area contributed by atoms with Crippen LogP contribution < -0.4 is 10.5 Å². The highest BCUT2D eigenvalue weighted by Gasteiger charge is 2.11. The van der Waals surface area contributed by atoms with Gasteiger partial charge in [-0.2, -0.15) is 9.97 Å². The monoisotopic (exact) mass is 309 g/mol. The molecular formula is C11H11N5O2S2. The van der Waals surface area contributed by atoms with E-state index in [1.807, 2.05) is 11.4 Å². The lowest BCUT2D eigenvalue weighted by atomic mass is 10.5. The Bertz CT molecular complexity index is 782. The van der Waals surface area contributed by atoms with Gasteiger partial charge >= 0.3 is 0 Å². The molecule has 0 amide bonds. The number of aromatic amines is 1. The van der Waals surface area contributed by atoms with Crippen LogP contribution in [0.3, 0.4) is 0 Å². The zero-order valence-electron chi connectivity index (χ0n) is 10.5. The molecule has 3 N–H and O–H groups in total. The van der Waals surface area contributed by atoms with Gasteiger partial charge in [0.2, 0.25) is 11.8 Å². The topological polar surface area (TPSA) is 107 Å². The van der Waals surface area contributed by atoms with Crippen LogP contribution in [-0.4, -0.2) is 30.4 Å². The van der Waals surface area contributed by atoms with Gasteiger partial charge in [0.1, 0.15) is 12.1 Å². The number of hydrogen-bond donors (Lipinski definition) is 2. The first kappa shape index (κ1) is 13.0. The van der Waals surface area contributed by atoms with Crippen molar-refractivity contribution < 1.29 is 8.95 Å². The number of thiophene rings is 1. The number of anilines is 1. The lowest BCUT2D eigenvalue weighted by molar-refractivity contribution is 0.301. The molecule has 0 aliphatic rings. The van der Waals surface area contributed by atoms with E-state index >= 15 is 0 Å². The summed E-state index contributed by atoms with van der Waals surface area (Å²) < 4.78 is 17.0. The molecule has 3 heterocycles. The summed E-state index contributed by atoms with van der Waals surface area (Å²) in [5.74, 6) is 0.471. The van der Waals surface area contributed by atoms with Crippen molar-refractivity contribution in [1.82, 2.24) is 19.9 Å². The number of hydrogen-bond acceptors (Lipinski definition) is 7. The van der Waals surface area contributed by atoms with Gasteiger partial charge < -0.3 is 15.5 Å². The molecule has 20 heavy (non-hydrogen) atoms. The second-order valence-corrected chi connectivity index (χ2v) is 6.36. The second-order valence-electron chi connectivity index (χ2n) is 3.98. The summed E-state index contributed by atoms with van der Waals surface area (Å²) in [7, 11) is -0.983. The lowest BCUT2D eigenvalue weighted by Gasteiger charge is -2.04. The molecule has 0 saturated heterocycles. The molecule has 1 atom stereocenters. The molecule has 3 aromatic rings. The molecule has 0 aliphatic carbocycles. The smallest absolute Gasteiger partial charge is 0.245 e. The van der Waals surface area contributed by atoms with Crippen molar-refractivity contribution in [2.24, 2.45) is 0 Å². The third-order valence-corrected chi connectivity index (χ3v) is 4.54. The average molecular weight is 309 g/mol. The van der Waals surface area contributed by atoms with Gasteiger partial charge in [-0.25, -0.2) is 4.98 Å². The number of rotatable bonds is 4. The SMILES string of the molecule is CS(=O)c1csc(COc2nc(N)nc3nc[nH]c23)c1. The zero-order valence-corrected chi connectivity index (χ0v) is 12.1. The summed E-state index contributed by atoms with van der Waals surface area (Å²) in [5, 5.41) is 1.86. The van der Waals surface area contributed by atoms with Crippen LogP contribution in [0.1, 0.15) is 4.88 Å². The van der Waals surface area contributed by atoms with E-state index in [4.69, 9.17) is 10.5 Å². The van der Waals surface area contributed by atoms with Crippen molar-refractivity contribution in [3.8, 4) is 5.88 Å². The van der Waals surface area contributed by atoms with Gasteiger partial charge in [0, 0.05) is 21.4 Å². The minimum atomic E-state index is -0.983. The number of nitrogens with two attached hydrogens (primary N) is 1. The zero-order chi connectivity index (χ0) is 14.1. The van der Waals surface area contributed by atoms with Crippen molar-refractivity contribution in [2.45, 2.75) is 11.5 Å². The van der Waals surface area contributed by atoms with Crippen LogP contribution >= 0.6 is 11.3 Å². The van der Waals surface area contributed by atoms with Gasteiger partial charge in [-0.05, 0) is 6.07 Å². The Balaban J connectivity index is 1.82. The van der Waals surface area contributed by atoms with Crippen molar-refractivity contribution in [3.63, 3.8) is 0 Å². The van der Waals surface area contributed by atoms with Crippen LogP contribution in [0, 0.1) is 0 Å². The van der Waals surface area contributed by atoms with Crippen molar-refractivity contribution in [2.75, 3.05) is 12.0 Å². The molecule has 0 spiro atoms. The molecule has 3 aromatic heterocycles. The van der Waals surface area contributed by atoms with Crippen LogP contribution in [-0.2, 0) is 17.4 Å². The Morgan fingerprint density at radius 2 is 2.35 bits per heavy atom. The van der Waals surface area contributed by atoms with Crippen molar-refractivity contribution in [3.05, 3.63) is 22.7 Å². The van der Waals surface area contributed by atoms with Crippen LogP contribution in [0.25, 0.3) is 11.2 Å². The number of aromatic nitrogens is 4. The van der Waals surface area contributed by atoms with Gasteiger partial charge in [0.15, 0.2) is 5.65 Å². The fourth-order valence-electron chi connectivity index (χ4n) is 1.65. The quantitative estimate of drug-likeness (QED) is 0.752. The lowest BCUT2D eigenvalue weighted by Crippen LogP contribution is -2.01. The Kier molecular flexibility index (Phi) is 3.36. The summed E-state index contributed by atoms with van der Waals surface area (Å²) in [5.41, 5.74) is 6.68. The predicted molar refractivity (Wildman–Crippen MR) is 77.1 cm³/mol. The highest BCUT2D eigenvalue weighted by atomic mass is 32.2. The van der Waals surface area contributed by atoms with E-state index in [0.29, 0.717) is 23.7 Å². The molecule has 9 heteroatoms. The Hall–Kier alpha value is -2.00. The van der Waals surface area contributed by atoms with E-state index in [0.717, 1.165) is 9.77 Å². The minimum absolute atomic E-state index is 0.112. The fraction of sp³-hybridized carbons (Fsp3) is 0.182. The van der Waals surface area contributed by atoms with Crippen molar-refractivity contribution in [1.29, 1.82) is 0 Å². The van der Waals surface area contributed by atoms with Gasteiger partial charge in [0.05, 0.1) is 17.1 Å². The maximum atomic E-state index is 11.3. The van der Waals surface area contributed by atoms with E-state index in [9.17, 15) is 4.21 Å². The highest BCUT2D eigenvalue weighted by Crippen LogP contribution is 2.23. The van der Waals surface area contributed by atoms with Crippen LogP contribution in [0.2, 0.25) is 0 Å². The van der Waals surface area contributed by atoms with Crippen LogP contribution in [0.4, 0.5) is 5.95 Å². The highest BCUT2D eigenvalue weighted by molar-refractivity contribution is 7.84. The largest absolute Gasteiger partial charge is 0.470 e. The van der Waals surface area contributed by atoms with Crippen LogP contribution in [0.5, 0.6) is 5.88 Å². The number of nitrogen functional groups attached to an aromatic ring is 1. The summed E-state index contributed by atoms with van der Waals surface area (Å²) in [6.45, 7) is 0.326. The maximum Gasteiger partial charge on any atom is 0.245 e. The summed E-state index contributed by atoms with van der Waals surface area (Å²) in [6, 6.07) is 1.86. The molecule has 0 saturated carbocycles. The molecule has 7 nitrogen and oxygen atoms in total. The number of ether oxygens (including phenoxy) is 1. The molecule has 0 aliphatic heterocycles. The van der Waals surface area contributed by atoms with E-state index in [1.165, 1.54) is 17.7 Å². The average Bonchev–Trinajstić information content (AvgIpc) is 3.04. The Morgan fingerprint density at radius 1 is 1.50 bits per heavy atom. The Labute approximate surface area is 120 Å². The van der Waals surface area contributed by atoms with Crippen LogP contribution in [0.15, 0.2) is 22.7 Å². The van der Waals surface area contributed by atoms with E-state index < -0.39 is 10.8 Å². The normalized spacial score (nSPS) is 12.7. The standard InChI is InChI=1S/C11H11N5O2S2/c1-20(17)7-2-6(19-4-7)3-18-10-8-9(14-5-13-8)15-11(12)16-10/h2,4-5H,3H2,1H3,(H3,12,13,14,15,16). The second kappa shape index (κ2) is 5.17. The van der Waals surface area contributed by atoms with Gasteiger partial charge in [0.25, 0.3) is 0 Å². The molecule has 104 valence electrons. The molecule has 3 rings (SSSR count). The van der Waals surface area contributed by atoms with Crippen molar-refractivity contribution >= 4 is 39.2 Å². The van der Waals surface area contributed by atoms with Gasteiger partial charge in [-0.15, -0.1) is 11.3 Å². The number of fused-ring (bicyclic) bond motifs is 1. The summed E-state index contributed by atoms with van der Waals surface area (Å²) in [4.78, 5) is 16.7. The number of H-pyrrole nitrogens is 1. The summed E-state index contributed by atoms with van der Waals surface area (Å²) in [6.07, 6.45) is 3.15. The third kappa shape index (κ3) is 2.49. The molecule has 0 bridgehead atoms. The van der Waals surface area contributed by atoms with Gasteiger partial charge in [-0.3, -0.25) is 4.21 Å². The molecule has 0 aromatic carbocycles. The maximum absolute atomic E-state index is 11.3.